The zero-order chi connectivity index (χ0) is 14.1. The van der Waals surface area contributed by atoms with Crippen molar-refractivity contribution in [1.82, 2.24) is 4.90 Å². The molecule has 1 amide bonds. The lowest BCUT2D eigenvalue weighted by molar-refractivity contribution is -0.147. The van der Waals surface area contributed by atoms with Crippen LogP contribution in [0.3, 0.4) is 0 Å². The number of benzene rings is 1. The number of nitrogens with two attached hydrogens (primary N) is 1. The third-order valence-corrected chi connectivity index (χ3v) is 2.68. The van der Waals surface area contributed by atoms with E-state index < -0.39 is 0 Å². The van der Waals surface area contributed by atoms with Gasteiger partial charge in [-0.2, -0.15) is 0 Å². The van der Waals surface area contributed by atoms with E-state index in [1.54, 1.807) is 7.05 Å². The van der Waals surface area contributed by atoms with Crippen LogP contribution >= 0.6 is 0 Å². The molecule has 0 aliphatic rings. The highest BCUT2D eigenvalue weighted by Gasteiger charge is 2.11. The van der Waals surface area contributed by atoms with Gasteiger partial charge >= 0.3 is 5.97 Å². The van der Waals surface area contributed by atoms with Crippen LogP contribution in [0, 0.1) is 0 Å². The molecule has 19 heavy (non-hydrogen) atoms. The predicted octanol–water partition coefficient (Wildman–Crippen LogP) is 0.927. The van der Waals surface area contributed by atoms with Gasteiger partial charge in [-0.25, -0.2) is 0 Å². The molecule has 1 rings (SSSR count). The van der Waals surface area contributed by atoms with Gasteiger partial charge in [0.15, 0.2) is 0 Å². The van der Waals surface area contributed by atoms with E-state index in [9.17, 15) is 9.59 Å². The smallest absolute Gasteiger partial charge is 0.306 e. The van der Waals surface area contributed by atoms with Gasteiger partial charge in [-0.3, -0.25) is 9.59 Å². The van der Waals surface area contributed by atoms with Crippen molar-refractivity contribution < 1.29 is 14.3 Å². The number of amides is 1. The number of likely N-dealkylation sites (N-methyl/N-ethyl adjacent to an activating group) is 1. The van der Waals surface area contributed by atoms with Crippen molar-refractivity contribution in [3.63, 3.8) is 0 Å². The number of hydrogen-bond acceptors (Lipinski definition) is 4. The molecule has 0 atom stereocenters. The van der Waals surface area contributed by atoms with Crippen LogP contribution in [-0.2, 0) is 20.9 Å². The van der Waals surface area contributed by atoms with E-state index in [2.05, 4.69) is 0 Å². The molecule has 0 bridgehead atoms. The predicted molar refractivity (Wildman–Crippen MR) is 72.2 cm³/mol. The normalized spacial score (nSPS) is 10.0. The van der Waals surface area contributed by atoms with Crippen molar-refractivity contribution in [3.05, 3.63) is 35.9 Å². The Kier molecular flexibility index (Phi) is 6.60. The monoisotopic (exact) mass is 264 g/mol. The SMILES string of the molecule is CN(CCN)C(=O)CCC(=O)OCc1ccccc1. The summed E-state index contributed by atoms with van der Waals surface area (Å²) in [6.07, 6.45) is 0.255. The van der Waals surface area contributed by atoms with E-state index in [1.807, 2.05) is 30.3 Å². The van der Waals surface area contributed by atoms with Gasteiger partial charge in [0.1, 0.15) is 6.61 Å². The Balaban J connectivity index is 2.23. The molecule has 0 saturated carbocycles. The van der Waals surface area contributed by atoms with E-state index in [4.69, 9.17) is 10.5 Å². The molecule has 1 aromatic rings. The number of hydrogen-bond donors (Lipinski definition) is 1. The average Bonchev–Trinajstić information content (AvgIpc) is 2.43. The van der Waals surface area contributed by atoms with Crippen molar-refractivity contribution in [1.29, 1.82) is 0 Å². The van der Waals surface area contributed by atoms with Gasteiger partial charge in [0.25, 0.3) is 0 Å². The van der Waals surface area contributed by atoms with Crippen molar-refractivity contribution in [2.24, 2.45) is 5.73 Å². The number of carbonyl (C=O) groups excluding carboxylic acids is 2. The maximum Gasteiger partial charge on any atom is 0.306 e. The summed E-state index contributed by atoms with van der Waals surface area (Å²) in [6.45, 7) is 1.16. The molecule has 0 fully saturated rings. The van der Waals surface area contributed by atoms with Gasteiger partial charge in [0.2, 0.25) is 5.91 Å². The van der Waals surface area contributed by atoms with Crippen LogP contribution in [0.25, 0.3) is 0 Å². The molecule has 0 aromatic heterocycles. The molecule has 0 spiro atoms. The fourth-order valence-electron chi connectivity index (χ4n) is 1.53. The molecular weight excluding hydrogens is 244 g/mol. The first kappa shape index (κ1) is 15.2. The fourth-order valence-corrected chi connectivity index (χ4v) is 1.53. The quantitative estimate of drug-likeness (QED) is 0.743. The molecule has 0 unspecified atom stereocenters. The molecule has 1 aromatic carbocycles. The van der Waals surface area contributed by atoms with Gasteiger partial charge in [0, 0.05) is 26.6 Å². The summed E-state index contributed by atoms with van der Waals surface area (Å²) < 4.78 is 5.08. The molecule has 0 radical (unpaired) electrons. The van der Waals surface area contributed by atoms with E-state index in [0.29, 0.717) is 13.1 Å². The van der Waals surface area contributed by atoms with Crippen LogP contribution in [0.1, 0.15) is 18.4 Å². The van der Waals surface area contributed by atoms with Gasteiger partial charge < -0.3 is 15.4 Å². The first-order valence-corrected chi connectivity index (χ1v) is 6.27. The molecule has 0 aliphatic carbocycles. The number of nitrogens with zero attached hydrogens (tertiary/aromatic N) is 1. The molecule has 0 heterocycles. The Hall–Kier alpha value is -1.88. The zero-order valence-corrected chi connectivity index (χ0v) is 11.2. The van der Waals surface area contributed by atoms with Gasteiger partial charge in [-0.1, -0.05) is 30.3 Å². The summed E-state index contributed by atoms with van der Waals surface area (Å²) in [6, 6.07) is 9.43. The van der Waals surface area contributed by atoms with Crippen LogP contribution < -0.4 is 5.73 Å². The molecule has 5 nitrogen and oxygen atoms in total. The van der Waals surface area contributed by atoms with Gasteiger partial charge in [-0.15, -0.1) is 0 Å². The van der Waals surface area contributed by atoms with Crippen LogP contribution in [-0.4, -0.2) is 36.9 Å². The average molecular weight is 264 g/mol. The summed E-state index contributed by atoms with van der Waals surface area (Å²) >= 11 is 0. The summed E-state index contributed by atoms with van der Waals surface area (Å²) in [4.78, 5) is 24.6. The Morgan fingerprint density at radius 3 is 2.53 bits per heavy atom. The first-order valence-electron chi connectivity index (χ1n) is 6.27. The number of carbonyl (C=O) groups is 2. The number of rotatable bonds is 7. The lowest BCUT2D eigenvalue weighted by Crippen LogP contribution is -2.31. The maximum atomic E-state index is 11.6. The Labute approximate surface area is 113 Å². The molecule has 2 N–H and O–H groups in total. The van der Waals surface area contributed by atoms with E-state index in [1.165, 1.54) is 4.90 Å². The first-order chi connectivity index (χ1) is 9.13. The van der Waals surface area contributed by atoms with Crippen LogP contribution in [0.2, 0.25) is 0 Å². The van der Waals surface area contributed by atoms with Gasteiger partial charge in [0.05, 0.1) is 6.42 Å². The number of ether oxygens (including phenoxy) is 1. The zero-order valence-electron chi connectivity index (χ0n) is 11.2. The number of esters is 1. The van der Waals surface area contributed by atoms with Gasteiger partial charge in [-0.05, 0) is 5.56 Å². The van der Waals surface area contributed by atoms with Crippen molar-refractivity contribution in [3.8, 4) is 0 Å². The molecule has 5 heteroatoms. The summed E-state index contributed by atoms with van der Waals surface area (Å²) in [7, 11) is 1.67. The summed E-state index contributed by atoms with van der Waals surface area (Å²) in [5, 5.41) is 0. The largest absolute Gasteiger partial charge is 0.461 e. The Morgan fingerprint density at radius 2 is 1.89 bits per heavy atom. The minimum absolute atomic E-state index is 0.0953. The van der Waals surface area contributed by atoms with E-state index in [0.717, 1.165) is 5.56 Å². The lowest BCUT2D eigenvalue weighted by atomic mass is 10.2. The van der Waals surface area contributed by atoms with E-state index in [-0.39, 0.29) is 31.3 Å². The van der Waals surface area contributed by atoms with Crippen molar-refractivity contribution in [2.75, 3.05) is 20.1 Å². The van der Waals surface area contributed by atoms with Crippen molar-refractivity contribution in [2.45, 2.75) is 19.4 Å². The second kappa shape index (κ2) is 8.26. The second-order valence-electron chi connectivity index (χ2n) is 4.25. The molecular formula is C14H20N2O3. The standard InChI is InChI=1S/C14H20N2O3/c1-16(10-9-15)13(17)7-8-14(18)19-11-12-5-3-2-4-6-12/h2-6H,7-11,15H2,1H3. The molecule has 104 valence electrons. The lowest BCUT2D eigenvalue weighted by Gasteiger charge is -2.15. The van der Waals surface area contributed by atoms with Crippen LogP contribution in [0.15, 0.2) is 30.3 Å². The third kappa shape index (κ3) is 6.01. The minimum Gasteiger partial charge on any atom is -0.461 e. The van der Waals surface area contributed by atoms with E-state index >= 15 is 0 Å². The Bertz CT molecular complexity index is 406. The molecule has 0 saturated heterocycles. The highest BCUT2D eigenvalue weighted by Crippen LogP contribution is 2.03. The summed E-state index contributed by atoms with van der Waals surface area (Å²) in [5.41, 5.74) is 6.28. The second-order valence-corrected chi connectivity index (χ2v) is 4.25. The third-order valence-electron chi connectivity index (χ3n) is 2.68. The maximum absolute atomic E-state index is 11.6. The highest BCUT2D eigenvalue weighted by molar-refractivity contribution is 5.81. The van der Waals surface area contributed by atoms with Crippen LogP contribution in [0.5, 0.6) is 0 Å². The fraction of sp³-hybridized carbons (Fsp3) is 0.429. The Morgan fingerprint density at radius 1 is 1.21 bits per heavy atom. The van der Waals surface area contributed by atoms with Crippen LogP contribution in [0.4, 0.5) is 0 Å². The minimum atomic E-state index is -0.363. The molecule has 0 aliphatic heterocycles. The van der Waals surface area contributed by atoms with Crippen molar-refractivity contribution >= 4 is 11.9 Å². The highest BCUT2D eigenvalue weighted by atomic mass is 16.5. The summed E-state index contributed by atoms with van der Waals surface area (Å²) in [5.74, 6) is -0.458. The topological polar surface area (TPSA) is 72.6 Å².